The molecule has 0 aromatic heterocycles. The van der Waals surface area contributed by atoms with Crippen molar-refractivity contribution < 1.29 is 27.6 Å². The van der Waals surface area contributed by atoms with Gasteiger partial charge in [0.25, 0.3) is 21.6 Å². The van der Waals surface area contributed by atoms with Crippen LogP contribution in [0.3, 0.4) is 0 Å². The smallest absolute Gasteiger partial charge is 0.271 e. The predicted molar refractivity (Wildman–Crippen MR) is 122 cm³/mol. The van der Waals surface area contributed by atoms with Crippen molar-refractivity contribution in [1.82, 2.24) is 5.43 Å². The zero-order valence-corrected chi connectivity index (χ0v) is 18.3. The monoisotopic (exact) mass is 482 g/mol. The second-order valence-electron chi connectivity index (χ2n) is 7.01. The third-order valence-electron chi connectivity index (χ3n) is 4.75. The second kappa shape index (κ2) is 9.58. The van der Waals surface area contributed by atoms with E-state index in [4.69, 9.17) is 9.47 Å². The highest BCUT2D eigenvalue weighted by atomic mass is 32.2. The Morgan fingerprint density at radius 3 is 2.59 bits per heavy atom. The van der Waals surface area contributed by atoms with Crippen molar-refractivity contribution in [3.05, 3.63) is 88.5 Å². The Labute approximate surface area is 194 Å². The molecule has 34 heavy (non-hydrogen) atoms. The number of hydrogen-bond donors (Lipinski definition) is 1. The third-order valence-corrected chi connectivity index (χ3v) is 6.53. The first-order valence-corrected chi connectivity index (χ1v) is 11.3. The Bertz CT molecular complexity index is 1360. The van der Waals surface area contributed by atoms with Crippen LogP contribution in [0.1, 0.15) is 5.56 Å². The van der Waals surface area contributed by atoms with Gasteiger partial charge in [-0.05, 0) is 42.0 Å². The fourth-order valence-corrected chi connectivity index (χ4v) is 4.57. The van der Waals surface area contributed by atoms with Crippen molar-refractivity contribution >= 4 is 33.5 Å². The zero-order chi connectivity index (χ0) is 24.1. The molecule has 12 heteroatoms. The van der Waals surface area contributed by atoms with Gasteiger partial charge in [-0.1, -0.05) is 24.3 Å². The summed E-state index contributed by atoms with van der Waals surface area (Å²) in [6.45, 7) is -0.535. The molecule has 1 heterocycles. The Morgan fingerprint density at radius 1 is 1.06 bits per heavy atom. The molecule has 0 spiro atoms. The van der Waals surface area contributed by atoms with E-state index in [-0.39, 0.29) is 23.1 Å². The lowest BCUT2D eigenvalue weighted by Crippen LogP contribution is -2.39. The Balaban J connectivity index is 1.56. The Kier molecular flexibility index (Phi) is 6.41. The molecule has 0 unspecified atom stereocenters. The van der Waals surface area contributed by atoms with Crippen LogP contribution in [-0.2, 0) is 14.8 Å². The van der Waals surface area contributed by atoms with Crippen molar-refractivity contribution in [2.24, 2.45) is 5.10 Å². The average molecular weight is 482 g/mol. The minimum absolute atomic E-state index is 0.0343. The minimum Gasteiger partial charge on any atom is -0.454 e. The summed E-state index contributed by atoms with van der Waals surface area (Å²) in [7, 11) is -4.21. The fraction of sp³-hybridized carbons (Fsp3) is 0.0909. The van der Waals surface area contributed by atoms with Gasteiger partial charge in [-0.25, -0.2) is 13.8 Å². The van der Waals surface area contributed by atoms with Crippen LogP contribution in [0, 0.1) is 10.1 Å². The van der Waals surface area contributed by atoms with Gasteiger partial charge in [-0.3, -0.25) is 19.2 Å². The molecule has 4 rings (SSSR count). The summed E-state index contributed by atoms with van der Waals surface area (Å²) in [6.07, 6.45) is 1.36. The lowest BCUT2D eigenvalue weighted by atomic mass is 10.2. The SMILES string of the molecule is O=C(CN(c1cccc([N+](=O)[O-])c1)S(=O)(=O)c1ccccc1)NN=Cc1ccc2c(c1)OCO2. The summed E-state index contributed by atoms with van der Waals surface area (Å²) in [4.78, 5) is 23.1. The molecule has 1 aliphatic rings. The predicted octanol–water partition coefficient (Wildman–Crippen LogP) is 2.67. The van der Waals surface area contributed by atoms with Crippen molar-refractivity contribution in [1.29, 1.82) is 0 Å². The number of nitrogens with one attached hydrogen (secondary N) is 1. The van der Waals surface area contributed by atoms with Crippen LogP contribution in [0.4, 0.5) is 11.4 Å². The van der Waals surface area contributed by atoms with Crippen LogP contribution in [0.2, 0.25) is 0 Å². The number of fused-ring (bicyclic) bond motifs is 1. The molecule has 174 valence electrons. The molecular formula is C22H18N4O7S. The van der Waals surface area contributed by atoms with E-state index in [1.807, 2.05) is 0 Å². The number of carbonyl (C=O) groups is 1. The van der Waals surface area contributed by atoms with Crippen LogP contribution in [0.5, 0.6) is 11.5 Å². The van der Waals surface area contributed by atoms with E-state index in [0.29, 0.717) is 17.1 Å². The van der Waals surface area contributed by atoms with E-state index in [2.05, 4.69) is 10.5 Å². The highest BCUT2D eigenvalue weighted by Gasteiger charge is 2.28. The fourth-order valence-electron chi connectivity index (χ4n) is 3.13. The van der Waals surface area contributed by atoms with Crippen LogP contribution in [0.25, 0.3) is 0 Å². The van der Waals surface area contributed by atoms with Crippen molar-refractivity contribution in [2.45, 2.75) is 4.90 Å². The largest absolute Gasteiger partial charge is 0.454 e. The number of hydrogen-bond acceptors (Lipinski definition) is 8. The number of nitro groups is 1. The van der Waals surface area contributed by atoms with Crippen LogP contribution in [0.15, 0.2) is 82.8 Å². The van der Waals surface area contributed by atoms with Crippen molar-refractivity contribution in [3.63, 3.8) is 0 Å². The van der Waals surface area contributed by atoms with Gasteiger partial charge in [0.2, 0.25) is 6.79 Å². The van der Waals surface area contributed by atoms with Gasteiger partial charge in [0, 0.05) is 12.1 Å². The van der Waals surface area contributed by atoms with Gasteiger partial charge in [0.05, 0.1) is 21.7 Å². The molecule has 11 nitrogen and oxygen atoms in total. The summed E-state index contributed by atoms with van der Waals surface area (Å²) < 4.78 is 37.8. The molecule has 1 N–H and O–H groups in total. The average Bonchev–Trinajstić information content (AvgIpc) is 3.31. The maximum Gasteiger partial charge on any atom is 0.271 e. The molecule has 1 aliphatic heterocycles. The molecule has 0 aliphatic carbocycles. The molecule has 3 aromatic carbocycles. The number of amides is 1. The Morgan fingerprint density at radius 2 is 1.82 bits per heavy atom. The number of nitro benzene ring substituents is 1. The lowest BCUT2D eigenvalue weighted by molar-refractivity contribution is -0.384. The number of hydrazone groups is 1. The maximum absolute atomic E-state index is 13.3. The van der Waals surface area contributed by atoms with E-state index in [1.165, 1.54) is 48.7 Å². The van der Waals surface area contributed by atoms with Gasteiger partial charge in [0.1, 0.15) is 6.54 Å². The molecule has 0 saturated carbocycles. The number of carbonyl (C=O) groups excluding carboxylic acids is 1. The molecule has 0 saturated heterocycles. The van der Waals surface area contributed by atoms with Crippen LogP contribution in [-0.4, -0.2) is 38.8 Å². The Hall–Kier alpha value is -4.45. The molecule has 0 fully saturated rings. The van der Waals surface area contributed by atoms with Gasteiger partial charge >= 0.3 is 0 Å². The number of nitrogens with zero attached hydrogens (tertiary/aromatic N) is 3. The quantitative estimate of drug-likeness (QED) is 0.296. The molecular weight excluding hydrogens is 464 g/mol. The molecule has 0 atom stereocenters. The number of ether oxygens (including phenoxy) is 2. The van der Waals surface area contributed by atoms with Gasteiger partial charge in [-0.2, -0.15) is 5.10 Å². The first kappa shape index (κ1) is 22.7. The van der Waals surface area contributed by atoms with E-state index in [0.717, 1.165) is 10.4 Å². The number of sulfonamides is 1. The summed E-state index contributed by atoms with van der Waals surface area (Å²) in [5, 5.41) is 15.1. The van der Waals surface area contributed by atoms with E-state index in [9.17, 15) is 23.3 Å². The van der Waals surface area contributed by atoms with E-state index >= 15 is 0 Å². The lowest BCUT2D eigenvalue weighted by Gasteiger charge is -2.23. The molecule has 3 aromatic rings. The summed E-state index contributed by atoms with van der Waals surface area (Å²) in [6, 6.07) is 17.6. The van der Waals surface area contributed by atoms with Crippen LogP contribution >= 0.6 is 0 Å². The zero-order valence-electron chi connectivity index (χ0n) is 17.5. The number of rotatable bonds is 8. The molecule has 0 bridgehead atoms. The topological polar surface area (TPSA) is 140 Å². The normalized spacial score (nSPS) is 12.5. The first-order valence-electron chi connectivity index (χ1n) is 9.88. The number of non-ortho nitro benzene ring substituents is 1. The summed E-state index contributed by atoms with van der Waals surface area (Å²) >= 11 is 0. The maximum atomic E-state index is 13.3. The first-order chi connectivity index (χ1) is 16.3. The number of benzene rings is 3. The number of anilines is 1. The molecule has 0 radical (unpaired) electrons. The van der Waals surface area contributed by atoms with Gasteiger partial charge in [-0.15, -0.1) is 0 Å². The molecule has 1 amide bonds. The minimum atomic E-state index is -4.21. The van der Waals surface area contributed by atoms with E-state index < -0.39 is 27.4 Å². The van der Waals surface area contributed by atoms with Gasteiger partial charge < -0.3 is 9.47 Å². The highest BCUT2D eigenvalue weighted by Crippen LogP contribution is 2.32. The van der Waals surface area contributed by atoms with Crippen molar-refractivity contribution in [2.75, 3.05) is 17.6 Å². The van der Waals surface area contributed by atoms with Gasteiger partial charge in [0.15, 0.2) is 11.5 Å². The highest BCUT2D eigenvalue weighted by molar-refractivity contribution is 7.92. The standard InChI is InChI=1S/C22H18N4O7S/c27-22(24-23-13-16-9-10-20-21(11-16)33-15-32-20)14-25(17-5-4-6-18(12-17)26(28)29)34(30,31)19-7-2-1-3-8-19/h1-13H,14-15H2,(H,24,27). The summed E-state index contributed by atoms with van der Waals surface area (Å²) in [5.74, 6) is 0.393. The summed E-state index contributed by atoms with van der Waals surface area (Å²) in [5.41, 5.74) is 2.55. The van der Waals surface area contributed by atoms with E-state index in [1.54, 1.807) is 24.3 Å². The second-order valence-corrected chi connectivity index (χ2v) is 8.87. The third kappa shape index (κ3) is 4.96. The van der Waals surface area contributed by atoms with Crippen molar-refractivity contribution in [3.8, 4) is 11.5 Å². The van der Waals surface area contributed by atoms with Crippen LogP contribution < -0.4 is 19.2 Å².